The van der Waals surface area contributed by atoms with Crippen LogP contribution in [0.1, 0.15) is 33.1 Å². The van der Waals surface area contributed by atoms with Gasteiger partial charge >= 0.3 is 0 Å². The largest absolute Gasteiger partial charge is 0.377 e. The van der Waals surface area contributed by atoms with Gasteiger partial charge in [-0.25, -0.2) is 0 Å². The van der Waals surface area contributed by atoms with Gasteiger partial charge in [-0.1, -0.05) is 25.8 Å². The Kier molecular flexibility index (Phi) is 9.49. The van der Waals surface area contributed by atoms with Crippen LogP contribution in [0.4, 0.5) is 0 Å². The van der Waals surface area contributed by atoms with Crippen LogP contribution in [0.5, 0.6) is 0 Å². The maximum Gasteiger partial charge on any atom is 0.0671 e. The molecule has 0 spiro atoms. The van der Waals surface area contributed by atoms with Crippen LogP contribution in [0.15, 0.2) is 12.7 Å². The lowest BCUT2D eigenvalue weighted by molar-refractivity contribution is 0.0639. The minimum absolute atomic E-state index is 0.316. The van der Waals surface area contributed by atoms with Gasteiger partial charge in [0, 0.05) is 19.7 Å². The summed E-state index contributed by atoms with van der Waals surface area (Å²) in [6.45, 7) is 10.6. The van der Waals surface area contributed by atoms with Crippen molar-refractivity contribution in [2.24, 2.45) is 0 Å². The zero-order valence-electron chi connectivity index (χ0n) is 9.01. The van der Waals surface area contributed by atoms with Crippen molar-refractivity contribution in [3.05, 3.63) is 12.7 Å². The van der Waals surface area contributed by atoms with Crippen molar-refractivity contribution >= 4 is 0 Å². The minimum Gasteiger partial charge on any atom is -0.377 e. The number of hydrogen-bond acceptors (Lipinski definition) is 2. The normalized spacial score (nSPS) is 12.8. The molecule has 1 N–H and O–H groups in total. The standard InChI is InChI=1S/C11H23NO/c1-4-6-7-9-13-11(3)10-12-8-5-2/h5,11-12H,2,4,6-10H2,1,3H3. The van der Waals surface area contributed by atoms with Gasteiger partial charge in [0.25, 0.3) is 0 Å². The van der Waals surface area contributed by atoms with Crippen molar-refractivity contribution < 1.29 is 4.74 Å². The molecule has 0 aliphatic rings. The Labute approximate surface area is 82.4 Å². The van der Waals surface area contributed by atoms with Crippen LogP contribution in [0.2, 0.25) is 0 Å². The van der Waals surface area contributed by atoms with Crippen LogP contribution in [0, 0.1) is 0 Å². The van der Waals surface area contributed by atoms with E-state index in [2.05, 4.69) is 25.7 Å². The second kappa shape index (κ2) is 9.75. The van der Waals surface area contributed by atoms with E-state index in [1.54, 1.807) is 0 Å². The fraction of sp³-hybridized carbons (Fsp3) is 0.818. The maximum atomic E-state index is 5.59. The zero-order valence-corrected chi connectivity index (χ0v) is 9.01. The molecule has 0 aliphatic carbocycles. The van der Waals surface area contributed by atoms with E-state index in [4.69, 9.17) is 4.74 Å². The van der Waals surface area contributed by atoms with Gasteiger partial charge in [0.2, 0.25) is 0 Å². The number of ether oxygens (including phenoxy) is 1. The Balaban J connectivity index is 3.09. The van der Waals surface area contributed by atoms with Crippen molar-refractivity contribution in [1.29, 1.82) is 0 Å². The molecule has 2 nitrogen and oxygen atoms in total. The first kappa shape index (κ1) is 12.7. The van der Waals surface area contributed by atoms with E-state index >= 15 is 0 Å². The molecule has 0 fully saturated rings. The Morgan fingerprint density at radius 2 is 2.23 bits per heavy atom. The average Bonchev–Trinajstić information content (AvgIpc) is 2.13. The first-order chi connectivity index (χ1) is 6.31. The van der Waals surface area contributed by atoms with Crippen LogP contribution in [0.3, 0.4) is 0 Å². The molecule has 0 aromatic heterocycles. The lowest BCUT2D eigenvalue weighted by Crippen LogP contribution is -2.27. The minimum atomic E-state index is 0.316. The average molecular weight is 185 g/mol. The Morgan fingerprint density at radius 3 is 2.85 bits per heavy atom. The Bertz CT molecular complexity index is 115. The van der Waals surface area contributed by atoms with Crippen molar-refractivity contribution in [3.63, 3.8) is 0 Å². The quantitative estimate of drug-likeness (QED) is 0.440. The van der Waals surface area contributed by atoms with Gasteiger partial charge in [-0.2, -0.15) is 0 Å². The van der Waals surface area contributed by atoms with Crippen molar-refractivity contribution in [2.75, 3.05) is 19.7 Å². The smallest absolute Gasteiger partial charge is 0.0671 e. The molecule has 0 heterocycles. The topological polar surface area (TPSA) is 21.3 Å². The Morgan fingerprint density at radius 1 is 1.46 bits per heavy atom. The number of hydrogen-bond donors (Lipinski definition) is 1. The highest BCUT2D eigenvalue weighted by Gasteiger charge is 1.99. The van der Waals surface area contributed by atoms with E-state index in [-0.39, 0.29) is 0 Å². The maximum absolute atomic E-state index is 5.59. The van der Waals surface area contributed by atoms with Gasteiger partial charge in [0.1, 0.15) is 0 Å². The van der Waals surface area contributed by atoms with Crippen molar-refractivity contribution in [3.8, 4) is 0 Å². The fourth-order valence-electron chi connectivity index (χ4n) is 1.08. The van der Waals surface area contributed by atoms with E-state index in [1.807, 2.05) is 6.08 Å². The molecule has 0 saturated heterocycles. The summed E-state index contributed by atoms with van der Waals surface area (Å²) in [5, 5.41) is 3.23. The van der Waals surface area contributed by atoms with Crippen LogP contribution in [0.25, 0.3) is 0 Å². The predicted octanol–water partition coefficient (Wildman–Crippen LogP) is 2.36. The van der Waals surface area contributed by atoms with Crippen LogP contribution in [-0.4, -0.2) is 25.8 Å². The summed E-state index contributed by atoms with van der Waals surface area (Å²) < 4.78 is 5.59. The molecule has 0 radical (unpaired) electrons. The summed E-state index contributed by atoms with van der Waals surface area (Å²) in [5.74, 6) is 0. The molecule has 1 unspecified atom stereocenters. The molecule has 0 aliphatic heterocycles. The molecular weight excluding hydrogens is 162 g/mol. The third kappa shape index (κ3) is 9.57. The SMILES string of the molecule is C=CCNCC(C)OCCCCC. The van der Waals surface area contributed by atoms with E-state index in [9.17, 15) is 0 Å². The van der Waals surface area contributed by atoms with Gasteiger partial charge in [0.15, 0.2) is 0 Å². The molecule has 1 atom stereocenters. The molecule has 0 aromatic carbocycles. The molecule has 0 saturated carbocycles. The summed E-state index contributed by atoms with van der Waals surface area (Å²) in [6, 6.07) is 0. The summed E-state index contributed by atoms with van der Waals surface area (Å²) >= 11 is 0. The summed E-state index contributed by atoms with van der Waals surface area (Å²) in [4.78, 5) is 0. The molecule has 0 amide bonds. The predicted molar refractivity (Wildman–Crippen MR) is 58.0 cm³/mol. The number of nitrogens with one attached hydrogen (secondary N) is 1. The van der Waals surface area contributed by atoms with Gasteiger partial charge in [-0.05, 0) is 13.3 Å². The summed E-state index contributed by atoms with van der Waals surface area (Å²) in [7, 11) is 0. The van der Waals surface area contributed by atoms with Crippen LogP contribution >= 0.6 is 0 Å². The highest BCUT2D eigenvalue weighted by atomic mass is 16.5. The monoisotopic (exact) mass is 185 g/mol. The van der Waals surface area contributed by atoms with E-state index in [0.29, 0.717) is 6.10 Å². The summed E-state index contributed by atoms with van der Waals surface area (Å²) in [5.41, 5.74) is 0. The fourth-order valence-corrected chi connectivity index (χ4v) is 1.08. The molecule has 0 rings (SSSR count). The third-order valence-electron chi connectivity index (χ3n) is 1.87. The van der Waals surface area contributed by atoms with Crippen molar-refractivity contribution in [1.82, 2.24) is 5.32 Å². The van der Waals surface area contributed by atoms with E-state index < -0.39 is 0 Å². The third-order valence-corrected chi connectivity index (χ3v) is 1.87. The second-order valence-corrected chi connectivity index (χ2v) is 3.34. The highest BCUT2D eigenvalue weighted by molar-refractivity contribution is 4.70. The first-order valence-corrected chi connectivity index (χ1v) is 5.24. The van der Waals surface area contributed by atoms with Crippen LogP contribution < -0.4 is 5.32 Å². The Hall–Kier alpha value is -0.340. The molecule has 0 aromatic rings. The first-order valence-electron chi connectivity index (χ1n) is 5.24. The lowest BCUT2D eigenvalue weighted by atomic mass is 10.3. The highest BCUT2D eigenvalue weighted by Crippen LogP contribution is 1.96. The van der Waals surface area contributed by atoms with Gasteiger partial charge in [-0.15, -0.1) is 6.58 Å². The second-order valence-electron chi connectivity index (χ2n) is 3.34. The van der Waals surface area contributed by atoms with E-state index in [0.717, 1.165) is 19.7 Å². The molecule has 13 heavy (non-hydrogen) atoms. The molecule has 78 valence electrons. The van der Waals surface area contributed by atoms with Crippen LogP contribution in [-0.2, 0) is 4.74 Å². The number of unbranched alkanes of at least 4 members (excludes halogenated alkanes) is 2. The number of rotatable bonds is 9. The van der Waals surface area contributed by atoms with Crippen molar-refractivity contribution in [2.45, 2.75) is 39.2 Å². The van der Waals surface area contributed by atoms with E-state index in [1.165, 1.54) is 19.3 Å². The van der Waals surface area contributed by atoms with Gasteiger partial charge in [0.05, 0.1) is 6.10 Å². The molecular formula is C11H23NO. The summed E-state index contributed by atoms with van der Waals surface area (Å²) in [6.07, 6.45) is 5.89. The van der Waals surface area contributed by atoms with Gasteiger partial charge in [-0.3, -0.25) is 0 Å². The molecule has 2 heteroatoms. The lowest BCUT2D eigenvalue weighted by Gasteiger charge is -2.12. The van der Waals surface area contributed by atoms with Gasteiger partial charge < -0.3 is 10.1 Å². The zero-order chi connectivity index (χ0) is 9.94. The molecule has 0 bridgehead atoms.